The van der Waals surface area contributed by atoms with Gasteiger partial charge in [0.15, 0.2) is 0 Å². The van der Waals surface area contributed by atoms with E-state index in [1.807, 2.05) is 16.7 Å². The monoisotopic (exact) mass is 367 g/mol. The molecule has 2 fully saturated rings. The summed E-state index contributed by atoms with van der Waals surface area (Å²) >= 11 is 7.92. The van der Waals surface area contributed by atoms with Gasteiger partial charge in [0, 0.05) is 48.6 Å². The van der Waals surface area contributed by atoms with Crippen LogP contribution in [0.25, 0.3) is 0 Å². The summed E-state index contributed by atoms with van der Waals surface area (Å²) in [5.41, 5.74) is 1.02. The van der Waals surface area contributed by atoms with E-state index >= 15 is 0 Å². The van der Waals surface area contributed by atoms with E-state index in [9.17, 15) is 9.59 Å². The van der Waals surface area contributed by atoms with Crippen LogP contribution < -0.4 is 10.6 Å². The van der Waals surface area contributed by atoms with E-state index in [0.29, 0.717) is 22.7 Å². The fourth-order valence-corrected chi connectivity index (χ4v) is 4.19. The summed E-state index contributed by atoms with van der Waals surface area (Å²) in [6.45, 7) is 2.46. The Bertz CT molecular complexity index is 614. The van der Waals surface area contributed by atoms with Crippen molar-refractivity contribution in [2.45, 2.75) is 25.3 Å². The Morgan fingerprint density at radius 3 is 2.83 bits per heavy atom. The number of rotatable bonds is 4. The summed E-state index contributed by atoms with van der Waals surface area (Å²) in [5, 5.41) is 6.74. The zero-order valence-electron chi connectivity index (χ0n) is 13.5. The van der Waals surface area contributed by atoms with Crippen molar-refractivity contribution in [2.75, 3.05) is 36.5 Å². The van der Waals surface area contributed by atoms with Crippen molar-refractivity contribution >= 4 is 40.9 Å². The molecule has 0 radical (unpaired) electrons. The Morgan fingerprint density at radius 2 is 2.12 bits per heavy atom. The SMILES string of the molecule is O=C(CC1CSCCN1)Nc1ccc(Cl)cc1C(=O)N1CCCC1. The molecule has 0 saturated carbocycles. The number of nitrogens with zero attached hydrogens (tertiary/aromatic N) is 1. The number of thioether (sulfide) groups is 1. The first kappa shape index (κ1) is 17.6. The predicted molar refractivity (Wildman–Crippen MR) is 99.0 cm³/mol. The Labute approximate surface area is 151 Å². The average Bonchev–Trinajstić information content (AvgIpc) is 3.11. The third kappa shape index (κ3) is 4.43. The van der Waals surface area contributed by atoms with Crippen LogP contribution in [0, 0.1) is 0 Å². The number of carbonyl (C=O) groups is 2. The lowest BCUT2D eigenvalue weighted by Crippen LogP contribution is -2.40. The van der Waals surface area contributed by atoms with Crippen molar-refractivity contribution in [2.24, 2.45) is 0 Å². The maximum absolute atomic E-state index is 12.7. The highest BCUT2D eigenvalue weighted by Gasteiger charge is 2.23. The van der Waals surface area contributed by atoms with Gasteiger partial charge in [-0.05, 0) is 31.0 Å². The molecule has 130 valence electrons. The van der Waals surface area contributed by atoms with Gasteiger partial charge >= 0.3 is 0 Å². The highest BCUT2D eigenvalue weighted by atomic mass is 35.5. The fourth-order valence-electron chi connectivity index (χ4n) is 3.07. The molecule has 1 unspecified atom stereocenters. The molecule has 24 heavy (non-hydrogen) atoms. The minimum atomic E-state index is -0.0761. The minimum absolute atomic E-state index is 0.0587. The van der Waals surface area contributed by atoms with E-state index in [0.717, 1.165) is 44.0 Å². The van der Waals surface area contributed by atoms with E-state index in [-0.39, 0.29) is 17.9 Å². The smallest absolute Gasteiger partial charge is 0.256 e. The van der Waals surface area contributed by atoms with Crippen LogP contribution in [0.15, 0.2) is 18.2 Å². The summed E-state index contributed by atoms with van der Waals surface area (Å²) in [4.78, 5) is 26.9. The topological polar surface area (TPSA) is 61.4 Å². The molecular weight excluding hydrogens is 346 g/mol. The zero-order valence-corrected chi connectivity index (χ0v) is 15.1. The number of nitrogens with one attached hydrogen (secondary N) is 2. The molecular formula is C17H22ClN3O2S. The lowest BCUT2D eigenvalue weighted by molar-refractivity contribution is -0.116. The fraction of sp³-hybridized carbons (Fsp3) is 0.529. The third-order valence-corrected chi connectivity index (χ3v) is 5.68. The first-order chi connectivity index (χ1) is 11.6. The normalized spacial score (nSPS) is 20.9. The average molecular weight is 368 g/mol. The first-order valence-corrected chi connectivity index (χ1v) is 9.86. The number of likely N-dealkylation sites (tertiary alicyclic amines) is 1. The van der Waals surface area contributed by atoms with Crippen LogP contribution in [-0.2, 0) is 4.79 Å². The molecule has 5 nitrogen and oxygen atoms in total. The molecule has 7 heteroatoms. The number of anilines is 1. The molecule has 2 aliphatic rings. The molecule has 0 aromatic heterocycles. The highest BCUT2D eigenvalue weighted by Crippen LogP contribution is 2.24. The Balaban J connectivity index is 1.69. The summed E-state index contributed by atoms with van der Waals surface area (Å²) in [6.07, 6.45) is 2.46. The van der Waals surface area contributed by atoms with Gasteiger partial charge in [-0.25, -0.2) is 0 Å². The van der Waals surface area contributed by atoms with Gasteiger partial charge in [0.2, 0.25) is 5.91 Å². The molecule has 3 rings (SSSR count). The van der Waals surface area contributed by atoms with E-state index in [1.54, 1.807) is 18.2 Å². The van der Waals surface area contributed by atoms with E-state index in [2.05, 4.69) is 10.6 Å². The van der Waals surface area contributed by atoms with Crippen LogP contribution >= 0.6 is 23.4 Å². The van der Waals surface area contributed by atoms with Gasteiger partial charge in [0.1, 0.15) is 0 Å². The van der Waals surface area contributed by atoms with Gasteiger partial charge in [0.25, 0.3) is 5.91 Å². The second-order valence-electron chi connectivity index (χ2n) is 6.17. The largest absolute Gasteiger partial charge is 0.339 e. The molecule has 2 heterocycles. The van der Waals surface area contributed by atoms with Gasteiger partial charge in [-0.1, -0.05) is 11.6 Å². The van der Waals surface area contributed by atoms with Crippen LogP contribution in [0.5, 0.6) is 0 Å². The van der Waals surface area contributed by atoms with E-state index in [4.69, 9.17) is 11.6 Å². The Morgan fingerprint density at radius 1 is 1.33 bits per heavy atom. The molecule has 1 aromatic carbocycles. The lowest BCUT2D eigenvalue weighted by atomic mass is 10.1. The Kier molecular flexibility index (Phi) is 6.03. The van der Waals surface area contributed by atoms with Crippen molar-refractivity contribution in [3.63, 3.8) is 0 Å². The number of hydrogen-bond acceptors (Lipinski definition) is 4. The number of halogens is 1. The maximum Gasteiger partial charge on any atom is 0.256 e. The molecule has 2 saturated heterocycles. The van der Waals surface area contributed by atoms with Crippen molar-refractivity contribution in [1.82, 2.24) is 10.2 Å². The van der Waals surface area contributed by atoms with Crippen LogP contribution in [0.2, 0.25) is 5.02 Å². The van der Waals surface area contributed by atoms with Crippen molar-refractivity contribution < 1.29 is 9.59 Å². The van der Waals surface area contributed by atoms with Crippen molar-refractivity contribution in [3.8, 4) is 0 Å². The predicted octanol–water partition coefficient (Wildman–Crippen LogP) is 2.61. The summed E-state index contributed by atoms with van der Waals surface area (Å²) in [6, 6.07) is 5.25. The number of hydrogen-bond donors (Lipinski definition) is 2. The molecule has 2 aliphatic heterocycles. The summed E-state index contributed by atoms with van der Waals surface area (Å²) in [5.74, 6) is 1.89. The van der Waals surface area contributed by atoms with Gasteiger partial charge in [-0.15, -0.1) is 0 Å². The van der Waals surface area contributed by atoms with Gasteiger partial charge in [-0.2, -0.15) is 11.8 Å². The zero-order chi connectivity index (χ0) is 16.9. The first-order valence-electron chi connectivity index (χ1n) is 8.33. The molecule has 0 aliphatic carbocycles. The number of benzene rings is 1. The molecule has 0 bridgehead atoms. The molecule has 2 N–H and O–H groups in total. The molecule has 2 amide bonds. The minimum Gasteiger partial charge on any atom is -0.339 e. The Hall–Kier alpha value is -1.24. The van der Waals surface area contributed by atoms with Crippen LogP contribution in [0.3, 0.4) is 0 Å². The highest BCUT2D eigenvalue weighted by molar-refractivity contribution is 7.99. The standard InChI is InChI=1S/C17H22ClN3O2S/c18-12-3-4-15(14(9-12)17(23)21-6-1-2-7-21)20-16(22)10-13-11-24-8-5-19-13/h3-4,9,13,19H,1-2,5-8,10-11H2,(H,20,22). The van der Waals surface area contributed by atoms with Crippen LogP contribution in [0.1, 0.15) is 29.6 Å². The molecule has 0 spiro atoms. The van der Waals surface area contributed by atoms with Crippen molar-refractivity contribution in [1.29, 1.82) is 0 Å². The van der Waals surface area contributed by atoms with E-state index < -0.39 is 0 Å². The van der Waals surface area contributed by atoms with Crippen molar-refractivity contribution in [3.05, 3.63) is 28.8 Å². The number of amides is 2. The number of carbonyl (C=O) groups excluding carboxylic acids is 2. The lowest BCUT2D eigenvalue weighted by Gasteiger charge is -2.23. The maximum atomic E-state index is 12.7. The summed E-state index contributed by atoms with van der Waals surface area (Å²) in [7, 11) is 0. The van der Waals surface area contributed by atoms with Crippen LogP contribution in [-0.4, -0.2) is 53.9 Å². The summed E-state index contributed by atoms with van der Waals surface area (Å²) < 4.78 is 0. The second-order valence-corrected chi connectivity index (χ2v) is 7.75. The quantitative estimate of drug-likeness (QED) is 0.858. The third-order valence-electron chi connectivity index (χ3n) is 4.31. The van der Waals surface area contributed by atoms with Gasteiger partial charge in [0.05, 0.1) is 11.3 Å². The van der Waals surface area contributed by atoms with E-state index in [1.165, 1.54) is 0 Å². The second kappa shape index (κ2) is 8.23. The van der Waals surface area contributed by atoms with Gasteiger partial charge < -0.3 is 15.5 Å². The molecule has 1 atom stereocenters. The van der Waals surface area contributed by atoms with Gasteiger partial charge in [-0.3, -0.25) is 9.59 Å². The van der Waals surface area contributed by atoms with Crippen LogP contribution in [0.4, 0.5) is 5.69 Å². The molecule has 1 aromatic rings.